The molecule has 4 heteroatoms. The second-order valence-electron chi connectivity index (χ2n) is 7.99. The van der Waals surface area contributed by atoms with Gasteiger partial charge >= 0.3 is 5.97 Å². The van der Waals surface area contributed by atoms with E-state index in [0.717, 1.165) is 12.8 Å². The Balaban J connectivity index is 0. The summed E-state index contributed by atoms with van der Waals surface area (Å²) in [6.45, 7) is 7.55. The molecule has 28 heavy (non-hydrogen) atoms. The van der Waals surface area contributed by atoms with Crippen LogP contribution >= 0.6 is 0 Å². The minimum atomic E-state index is -0.195. The molecule has 2 N–H and O–H groups in total. The molecule has 1 amide bonds. The number of hydrogen-bond donors (Lipinski definition) is 1. The molecule has 168 valence electrons. The van der Waals surface area contributed by atoms with Crippen LogP contribution in [0.25, 0.3) is 0 Å². The number of esters is 1. The topological polar surface area (TPSA) is 69.4 Å². The number of nitrogens with two attached hydrogens (primary N) is 1. The van der Waals surface area contributed by atoms with Crippen molar-refractivity contribution >= 4 is 11.9 Å². The summed E-state index contributed by atoms with van der Waals surface area (Å²) < 4.78 is 4.76. The van der Waals surface area contributed by atoms with E-state index in [-0.39, 0.29) is 18.0 Å². The van der Waals surface area contributed by atoms with Crippen LogP contribution in [0, 0.1) is 0 Å². The van der Waals surface area contributed by atoms with Gasteiger partial charge in [-0.25, -0.2) is 0 Å². The van der Waals surface area contributed by atoms with E-state index in [4.69, 9.17) is 10.5 Å². The van der Waals surface area contributed by atoms with Crippen molar-refractivity contribution in [3.05, 3.63) is 0 Å². The normalized spacial score (nSPS) is 11.4. The molecule has 0 aromatic heterocycles. The minimum absolute atomic E-state index is 0.0764. The number of amides is 1. The number of unbranched alkanes of at least 4 members (excludes halogenated alkanes) is 14. The molecule has 0 aromatic rings. The fourth-order valence-electron chi connectivity index (χ4n) is 3.04. The van der Waals surface area contributed by atoms with E-state index < -0.39 is 0 Å². The molecule has 0 saturated heterocycles. The number of primary amides is 1. The first kappa shape index (κ1) is 29.1. The van der Waals surface area contributed by atoms with Gasteiger partial charge in [-0.15, -0.1) is 0 Å². The van der Waals surface area contributed by atoms with Crippen LogP contribution in [0.15, 0.2) is 0 Å². The molecule has 0 aliphatic heterocycles. The van der Waals surface area contributed by atoms with Gasteiger partial charge in [0.2, 0.25) is 5.91 Å². The van der Waals surface area contributed by atoms with Crippen molar-refractivity contribution < 1.29 is 14.3 Å². The smallest absolute Gasteiger partial charge is 0.302 e. The molecule has 0 bridgehead atoms. The molecule has 0 aliphatic carbocycles. The molecule has 0 rings (SSSR count). The Morgan fingerprint density at radius 3 is 1.32 bits per heavy atom. The number of rotatable bonds is 18. The highest BCUT2D eigenvalue weighted by atomic mass is 16.5. The van der Waals surface area contributed by atoms with Crippen LogP contribution in [0.3, 0.4) is 0 Å². The zero-order valence-corrected chi connectivity index (χ0v) is 19.4. The molecule has 0 spiro atoms. The lowest BCUT2D eigenvalue weighted by atomic mass is 10.0. The summed E-state index contributed by atoms with van der Waals surface area (Å²) in [6, 6.07) is 0. The van der Waals surface area contributed by atoms with Crippen LogP contribution in [-0.2, 0) is 14.3 Å². The highest BCUT2D eigenvalue weighted by Gasteiger charge is 1.99. The first-order valence-corrected chi connectivity index (χ1v) is 11.9. The third kappa shape index (κ3) is 29.7. The van der Waals surface area contributed by atoms with E-state index >= 15 is 0 Å². The summed E-state index contributed by atoms with van der Waals surface area (Å²) in [6.07, 6.45) is 21.8. The molecule has 1 unspecified atom stereocenters. The molecule has 0 aliphatic rings. The van der Waals surface area contributed by atoms with E-state index in [1.54, 1.807) is 0 Å². The monoisotopic (exact) mass is 399 g/mol. The maximum absolute atomic E-state index is 10.6. The first-order valence-electron chi connectivity index (χ1n) is 11.9. The van der Waals surface area contributed by atoms with Gasteiger partial charge in [0.15, 0.2) is 0 Å². The third-order valence-electron chi connectivity index (χ3n) is 4.97. The van der Waals surface area contributed by atoms with Crippen molar-refractivity contribution in [2.45, 2.75) is 143 Å². The molecule has 0 aromatic carbocycles. The van der Waals surface area contributed by atoms with Crippen LogP contribution in [0.5, 0.6) is 0 Å². The van der Waals surface area contributed by atoms with Crippen molar-refractivity contribution in [2.24, 2.45) is 5.73 Å². The lowest BCUT2D eigenvalue weighted by molar-refractivity contribution is -0.145. The Kier molecular flexibility index (Phi) is 25.0. The molecule has 1 atom stereocenters. The number of hydrogen-bond acceptors (Lipinski definition) is 3. The molecule has 0 fully saturated rings. The molecule has 4 nitrogen and oxygen atoms in total. The standard InChI is InChI=1S/C18H37NO.C6H12O2/c1-2-3-4-5-6-7-8-9-10-11-12-13-14-15-16-17-18(19)20;1-4-5(2)8-6(3)7/h2-17H2,1H3,(H2,19,20);5H,4H2,1-3H3. The zero-order valence-electron chi connectivity index (χ0n) is 19.4. The Bertz CT molecular complexity index is 345. The molecular weight excluding hydrogens is 350 g/mol. The van der Waals surface area contributed by atoms with Crippen LogP contribution in [0.1, 0.15) is 137 Å². The molecule has 0 saturated carbocycles. The average molecular weight is 400 g/mol. The average Bonchev–Trinajstić information content (AvgIpc) is 2.64. The summed E-state index contributed by atoms with van der Waals surface area (Å²) in [4.78, 5) is 20.7. The summed E-state index contributed by atoms with van der Waals surface area (Å²) in [5.74, 6) is -0.348. The van der Waals surface area contributed by atoms with Crippen molar-refractivity contribution in [3.63, 3.8) is 0 Å². The van der Waals surface area contributed by atoms with Gasteiger partial charge in [-0.1, -0.05) is 104 Å². The Hall–Kier alpha value is -1.06. The highest BCUT2D eigenvalue weighted by molar-refractivity contribution is 5.73. The predicted octanol–water partition coefficient (Wildman–Crippen LogP) is 7.08. The largest absolute Gasteiger partial charge is 0.463 e. The lowest BCUT2D eigenvalue weighted by Crippen LogP contribution is -2.09. The number of carbonyl (C=O) groups is 2. The van der Waals surface area contributed by atoms with Gasteiger partial charge < -0.3 is 10.5 Å². The molecule has 0 radical (unpaired) electrons. The highest BCUT2D eigenvalue weighted by Crippen LogP contribution is 2.13. The second kappa shape index (κ2) is 24.0. The second-order valence-corrected chi connectivity index (χ2v) is 7.99. The lowest BCUT2D eigenvalue weighted by Gasteiger charge is -2.06. The fourth-order valence-corrected chi connectivity index (χ4v) is 3.04. The van der Waals surface area contributed by atoms with Gasteiger partial charge in [-0.05, 0) is 19.8 Å². The van der Waals surface area contributed by atoms with Gasteiger partial charge in [0.25, 0.3) is 0 Å². The van der Waals surface area contributed by atoms with E-state index in [2.05, 4.69) is 6.92 Å². The van der Waals surface area contributed by atoms with Gasteiger partial charge in [0.05, 0.1) is 6.10 Å². The SMILES string of the molecule is CCC(C)OC(C)=O.CCCCCCCCCCCCCCCCCC(N)=O. The Morgan fingerprint density at radius 2 is 1.07 bits per heavy atom. The van der Waals surface area contributed by atoms with Gasteiger partial charge in [0, 0.05) is 13.3 Å². The fraction of sp³-hybridized carbons (Fsp3) is 0.917. The zero-order chi connectivity index (χ0) is 21.5. The van der Waals surface area contributed by atoms with Crippen LogP contribution in [0.2, 0.25) is 0 Å². The van der Waals surface area contributed by atoms with Crippen molar-refractivity contribution in [2.75, 3.05) is 0 Å². The first-order chi connectivity index (χ1) is 13.4. The maximum Gasteiger partial charge on any atom is 0.302 e. The summed E-state index contributed by atoms with van der Waals surface area (Å²) in [7, 11) is 0. The van der Waals surface area contributed by atoms with Gasteiger partial charge in [-0.2, -0.15) is 0 Å². The number of carbonyl (C=O) groups excluding carboxylic acids is 2. The van der Waals surface area contributed by atoms with Crippen LogP contribution < -0.4 is 5.73 Å². The summed E-state index contributed by atoms with van der Waals surface area (Å²) in [5, 5.41) is 0. The van der Waals surface area contributed by atoms with Crippen LogP contribution in [-0.4, -0.2) is 18.0 Å². The van der Waals surface area contributed by atoms with Gasteiger partial charge in [-0.3, -0.25) is 9.59 Å². The van der Waals surface area contributed by atoms with Crippen molar-refractivity contribution in [1.29, 1.82) is 0 Å². The summed E-state index contributed by atoms with van der Waals surface area (Å²) in [5.41, 5.74) is 5.11. The quantitative estimate of drug-likeness (QED) is 0.198. The summed E-state index contributed by atoms with van der Waals surface area (Å²) >= 11 is 0. The van der Waals surface area contributed by atoms with E-state index in [1.807, 2.05) is 13.8 Å². The minimum Gasteiger partial charge on any atom is -0.463 e. The van der Waals surface area contributed by atoms with Crippen LogP contribution in [0.4, 0.5) is 0 Å². The molecular formula is C24H49NO3. The third-order valence-corrected chi connectivity index (χ3v) is 4.97. The van der Waals surface area contributed by atoms with Gasteiger partial charge in [0.1, 0.15) is 0 Å². The van der Waals surface area contributed by atoms with Crippen molar-refractivity contribution in [3.8, 4) is 0 Å². The molecule has 0 heterocycles. The maximum atomic E-state index is 10.6. The van der Waals surface area contributed by atoms with Crippen molar-refractivity contribution in [1.82, 2.24) is 0 Å². The van der Waals surface area contributed by atoms with E-state index in [1.165, 1.54) is 96.8 Å². The Labute approximate surface area is 175 Å². The van der Waals surface area contributed by atoms with E-state index in [9.17, 15) is 9.59 Å². The van der Waals surface area contributed by atoms with E-state index in [0.29, 0.717) is 6.42 Å². The number of ether oxygens (including phenoxy) is 1. The predicted molar refractivity (Wildman–Crippen MR) is 120 cm³/mol. The Morgan fingerprint density at radius 1 is 0.714 bits per heavy atom.